The van der Waals surface area contributed by atoms with Crippen LogP contribution in [0, 0.1) is 17.1 Å². The monoisotopic (exact) mass is 421 g/mol. The van der Waals surface area contributed by atoms with E-state index < -0.39 is 17.3 Å². The van der Waals surface area contributed by atoms with Gasteiger partial charge in [0, 0.05) is 24.2 Å². The van der Waals surface area contributed by atoms with Gasteiger partial charge in [-0.05, 0) is 18.9 Å². The smallest absolute Gasteiger partial charge is 0.258 e. The van der Waals surface area contributed by atoms with Crippen molar-refractivity contribution in [3.05, 3.63) is 47.2 Å². The number of pyridine rings is 1. The zero-order valence-electron chi connectivity index (χ0n) is 16.2. The zero-order chi connectivity index (χ0) is 21.2. The maximum absolute atomic E-state index is 14.1. The molecule has 6 rings (SSSR count). The highest BCUT2D eigenvalue weighted by atomic mass is 19.1. The molecule has 10 nitrogen and oxygen atoms in total. The fourth-order valence-electron chi connectivity index (χ4n) is 4.08. The number of nitrogens with zero attached hydrogens (tertiary/aromatic N) is 6. The Balaban J connectivity index is 1.57. The molecule has 2 bridgehead atoms. The molecule has 1 amide bonds. The van der Waals surface area contributed by atoms with Crippen LogP contribution in [0.25, 0.3) is 5.65 Å². The highest BCUT2D eigenvalue weighted by molar-refractivity contribution is 6.02. The first-order valence-electron chi connectivity index (χ1n) is 9.89. The number of hydrogen-bond acceptors (Lipinski definition) is 8. The quantitative estimate of drug-likeness (QED) is 0.583. The third-order valence-corrected chi connectivity index (χ3v) is 5.86. The van der Waals surface area contributed by atoms with Crippen molar-refractivity contribution in [3.8, 4) is 11.9 Å². The van der Waals surface area contributed by atoms with Crippen LogP contribution in [0.5, 0.6) is 5.88 Å². The van der Waals surface area contributed by atoms with Crippen molar-refractivity contribution in [2.24, 2.45) is 0 Å². The second-order valence-corrected chi connectivity index (χ2v) is 7.92. The van der Waals surface area contributed by atoms with E-state index in [9.17, 15) is 14.4 Å². The molecule has 0 aromatic carbocycles. The summed E-state index contributed by atoms with van der Waals surface area (Å²) in [6, 6.07) is 4.65. The molecule has 3 aromatic rings. The average molecular weight is 421 g/mol. The molecule has 31 heavy (non-hydrogen) atoms. The summed E-state index contributed by atoms with van der Waals surface area (Å²) in [5.74, 6) is -0.219. The van der Waals surface area contributed by atoms with Crippen molar-refractivity contribution < 1.29 is 18.8 Å². The molecule has 1 atom stereocenters. The first-order valence-corrected chi connectivity index (χ1v) is 9.89. The Kier molecular flexibility index (Phi) is 3.70. The van der Waals surface area contributed by atoms with Crippen molar-refractivity contribution in [1.82, 2.24) is 24.9 Å². The van der Waals surface area contributed by atoms with Crippen LogP contribution in [0.1, 0.15) is 46.9 Å². The van der Waals surface area contributed by atoms with Gasteiger partial charge < -0.3 is 10.1 Å². The summed E-state index contributed by atoms with van der Waals surface area (Å²) < 4.78 is 21.5. The molecule has 156 valence electrons. The average Bonchev–Trinajstić information content (AvgIpc) is 3.20. The number of hydrogen-bond donors (Lipinski definition) is 1. The Morgan fingerprint density at radius 1 is 1.39 bits per heavy atom. The van der Waals surface area contributed by atoms with Crippen LogP contribution < -0.4 is 15.1 Å². The molecule has 3 aliphatic rings. The van der Waals surface area contributed by atoms with Crippen LogP contribution in [-0.2, 0) is 4.84 Å². The molecule has 2 aliphatic heterocycles. The van der Waals surface area contributed by atoms with Crippen LogP contribution in [0.4, 0.5) is 10.2 Å². The van der Waals surface area contributed by atoms with Gasteiger partial charge >= 0.3 is 0 Å². The zero-order valence-corrected chi connectivity index (χ0v) is 16.2. The van der Waals surface area contributed by atoms with E-state index in [1.807, 2.05) is 6.07 Å². The lowest BCUT2D eigenvalue weighted by Gasteiger charge is -2.25. The topological polar surface area (TPSA) is 118 Å². The molecule has 1 spiro atoms. The largest absolute Gasteiger partial charge is 0.475 e. The predicted molar refractivity (Wildman–Crippen MR) is 103 cm³/mol. The van der Waals surface area contributed by atoms with Gasteiger partial charge in [0.15, 0.2) is 17.2 Å². The van der Waals surface area contributed by atoms with Gasteiger partial charge in [0.25, 0.3) is 5.91 Å². The van der Waals surface area contributed by atoms with Crippen LogP contribution in [0.3, 0.4) is 0 Å². The van der Waals surface area contributed by atoms with Crippen molar-refractivity contribution in [2.45, 2.75) is 30.8 Å². The molecule has 3 aromatic heterocycles. The van der Waals surface area contributed by atoms with E-state index in [4.69, 9.17) is 9.57 Å². The number of anilines is 1. The second-order valence-electron chi connectivity index (χ2n) is 7.92. The lowest BCUT2D eigenvalue weighted by atomic mass is 10.1. The van der Waals surface area contributed by atoms with E-state index in [2.05, 4.69) is 20.4 Å². The van der Waals surface area contributed by atoms with E-state index in [-0.39, 0.29) is 29.6 Å². The Bertz CT molecular complexity index is 1280. The van der Waals surface area contributed by atoms with Crippen LogP contribution in [0.15, 0.2) is 24.5 Å². The summed E-state index contributed by atoms with van der Waals surface area (Å²) in [6.07, 6.45) is 4.73. The highest BCUT2D eigenvalue weighted by Gasteiger charge is 2.46. The first-order chi connectivity index (χ1) is 15.1. The number of fused-ring (bicyclic) bond motifs is 5. The molecule has 1 N–H and O–H groups in total. The summed E-state index contributed by atoms with van der Waals surface area (Å²) in [6.45, 7) is 0.572. The summed E-state index contributed by atoms with van der Waals surface area (Å²) in [5.41, 5.74) is 0.302. The van der Waals surface area contributed by atoms with Gasteiger partial charge in [-0.2, -0.15) is 10.4 Å². The highest BCUT2D eigenvalue weighted by Crippen LogP contribution is 2.41. The minimum Gasteiger partial charge on any atom is -0.475 e. The Labute approximate surface area is 175 Å². The van der Waals surface area contributed by atoms with Crippen molar-refractivity contribution in [3.63, 3.8) is 0 Å². The Morgan fingerprint density at radius 3 is 3.06 bits per heavy atom. The number of carbonyl (C=O) groups excluding carboxylic acids is 1. The molecule has 11 heteroatoms. The third kappa shape index (κ3) is 2.79. The van der Waals surface area contributed by atoms with E-state index in [0.29, 0.717) is 43.1 Å². The van der Waals surface area contributed by atoms with Gasteiger partial charge in [-0.25, -0.2) is 23.9 Å². The van der Waals surface area contributed by atoms with E-state index in [0.717, 1.165) is 6.20 Å². The molecule has 5 heterocycles. The van der Waals surface area contributed by atoms with Gasteiger partial charge in [-0.1, -0.05) is 0 Å². The number of nitriles is 1. The van der Waals surface area contributed by atoms with Crippen LogP contribution in [-0.4, -0.2) is 44.2 Å². The number of ether oxygens (including phenoxy) is 1. The van der Waals surface area contributed by atoms with Crippen molar-refractivity contribution in [1.29, 1.82) is 5.26 Å². The van der Waals surface area contributed by atoms with Crippen molar-refractivity contribution in [2.75, 3.05) is 18.3 Å². The lowest BCUT2D eigenvalue weighted by molar-refractivity contribution is 0.0912. The number of nitrogens with one attached hydrogen (secondary N) is 1. The molecule has 1 aliphatic carbocycles. The standard InChI is InChI=1S/C20H16FN7O3/c21-11-7-12-14-2-6-31-28(14)15-1-5-27-17(24-15)16(13(8-22)26-27)18(29)25-20(3-4-20)10-30-19(12)23-9-11/h1,5,7,9,14H,2-4,6,10H2,(H,25,29)/t14-/m1/s1. The molecule has 0 unspecified atom stereocenters. The molecule has 2 fully saturated rings. The Morgan fingerprint density at radius 2 is 2.26 bits per heavy atom. The minimum atomic E-state index is -0.580. The van der Waals surface area contributed by atoms with E-state index in [1.54, 1.807) is 17.3 Å². The molecule has 1 saturated carbocycles. The summed E-state index contributed by atoms with van der Waals surface area (Å²) in [7, 11) is 0. The van der Waals surface area contributed by atoms with Gasteiger partial charge in [0.1, 0.15) is 24.1 Å². The lowest BCUT2D eigenvalue weighted by Crippen LogP contribution is -2.41. The number of hydroxylamine groups is 1. The second kappa shape index (κ2) is 6.36. The molecular formula is C20H16FN7O3. The third-order valence-electron chi connectivity index (χ3n) is 5.86. The van der Waals surface area contributed by atoms with Gasteiger partial charge in [0.05, 0.1) is 24.4 Å². The van der Waals surface area contributed by atoms with Gasteiger partial charge in [-0.15, -0.1) is 0 Å². The maximum atomic E-state index is 14.1. The van der Waals surface area contributed by atoms with Crippen LogP contribution >= 0.6 is 0 Å². The number of halogens is 1. The minimum absolute atomic E-state index is 0.0142. The van der Waals surface area contributed by atoms with Crippen molar-refractivity contribution >= 4 is 17.4 Å². The van der Waals surface area contributed by atoms with Gasteiger partial charge in [0.2, 0.25) is 5.88 Å². The Hall–Kier alpha value is -3.78. The van der Waals surface area contributed by atoms with Gasteiger partial charge in [-0.3, -0.25) is 9.63 Å². The fourth-order valence-corrected chi connectivity index (χ4v) is 4.08. The van der Waals surface area contributed by atoms with E-state index >= 15 is 0 Å². The maximum Gasteiger partial charge on any atom is 0.258 e. The SMILES string of the molecule is N#Cc1nn2ccc3nc2c1C(=O)NC1(CC1)COc1ncc(F)cc1[C@H]1CCON31. The fraction of sp³-hybridized carbons (Fsp3) is 0.350. The predicted octanol–water partition coefficient (Wildman–Crippen LogP) is 1.67. The molecule has 0 radical (unpaired) electrons. The van der Waals surface area contributed by atoms with Crippen LogP contribution in [0.2, 0.25) is 0 Å². The number of rotatable bonds is 0. The first kappa shape index (κ1) is 18.0. The normalized spacial score (nSPS) is 21.4. The number of carbonyl (C=O) groups is 1. The summed E-state index contributed by atoms with van der Waals surface area (Å²) >= 11 is 0. The molecular weight excluding hydrogens is 405 g/mol. The summed E-state index contributed by atoms with van der Waals surface area (Å²) in [5, 5.41) is 18.2. The molecule has 1 saturated heterocycles. The number of aromatic nitrogens is 4. The summed E-state index contributed by atoms with van der Waals surface area (Å²) in [4.78, 5) is 27.7. The van der Waals surface area contributed by atoms with E-state index in [1.165, 1.54) is 10.6 Å². The number of amides is 1.